The fraction of sp³-hybridized carbons (Fsp3) is 0.208. The van der Waals surface area contributed by atoms with Gasteiger partial charge in [0.15, 0.2) is 16.7 Å². The molecule has 1 N–H and O–H groups in total. The minimum absolute atomic E-state index is 0.0821. The number of carbonyl (C=O) groups is 1. The number of halogens is 1. The first kappa shape index (κ1) is 23.8. The Morgan fingerprint density at radius 2 is 1.82 bits per heavy atom. The lowest BCUT2D eigenvalue weighted by Gasteiger charge is -2.13. The van der Waals surface area contributed by atoms with Crippen molar-refractivity contribution in [2.24, 2.45) is 0 Å². The summed E-state index contributed by atoms with van der Waals surface area (Å²) in [6.07, 6.45) is 0. The standard InChI is InChI=1S/C24H22FN3O4S2/c1-31-19-8-5-16(11-20(19)32-2)12-26-21(29)14-34-24-27-18-9-10-33-22(18)23(30)28(24)13-15-3-6-17(25)7-4-15/h3-11H,12-14H2,1-2H3,(H,26,29). The smallest absolute Gasteiger partial charge is 0.272 e. The van der Waals surface area contributed by atoms with Crippen molar-refractivity contribution in [1.82, 2.24) is 14.9 Å². The zero-order chi connectivity index (χ0) is 24.1. The number of nitrogens with zero attached hydrogens (tertiary/aromatic N) is 2. The summed E-state index contributed by atoms with van der Waals surface area (Å²) >= 11 is 2.51. The van der Waals surface area contributed by atoms with Crippen LogP contribution in [-0.4, -0.2) is 35.4 Å². The number of benzene rings is 2. The number of rotatable bonds is 9. The van der Waals surface area contributed by atoms with E-state index in [1.807, 2.05) is 11.4 Å². The molecule has 0 radical (unpaired) electrons. The van der Waals surface area contributed by atoms with E-state index in [9.17, 15) is 14.0 Å². The highest BCUT2D eigenvalue weighted by Gasteiger charge is 2.15. The van der Waals surface area contributed by atoms with Crippen LogP contribution in [0.4, 0.5) is 4.39 Å². The maximum Gasteiger partial charge on any atom is 0.272 e. The molecule has 0 spiro atoms. The normalized spacial score (nSPS) is 10.9. The quantitative estimate of drug-likeness (QED) is 0.276. The highest BCUT2D eigenvalue weighted by molar-refractivity contribution is 7.99. The first-order chi connectivity index (χ1) is 16.5. The van der Waals surface area contributed by atoms with Crippen molar-refractivity contribution in [1.29, 1.82) is 0 Å². The number of fused-ring (bicyclic) bond motifs is 1. The van der Waals surface area contributed by atoms with Gasteiger partial charge in [-0.15, -0.1) is 11.3 Å². The molecule has 1 amide bonds. The molecule has 0 saturated heterocycles. The van der Waals surface area contributed by atoms with Crippen LogP contribution in [0.5, 0.6) is 11.5 Å². The number of nitrogens with one attached hydrogen (secondary N) is 1. The average molecular weight is 500 g/mol. The van der Waals surface area contributed by atoms with Crippen LogP contribution in [-0.2, 0) is 17.9 Å². The Morgan fingerprint density at radius 1 is 1.09 bits per heavy atom. The van der Waals surface area contributed by atoms with Gasteiger partial charge in [-0.25, -0.2) is 9.37 Å². The summed E-state index contributed by atoms with van der Waals surface area (Å²) in [4.78, 5) is 30.2. The minimum Gasteiger partial charge on any atom is -0.493 e. The third-order valence-corrected chi connectivity index (χ3v) is 6.92. The van der Waals surface area contributed by atoms with E-state index in [2.05, 4.69) is 10.3 Å². The monoisotopic (exact) mass is 499 g/mol. The molecule has 2 aromatic heterocycles. The van der Waals surface area contributed by atoms with Crippen LogP contribution in [0.1, 0.15) is 11.1 Å². The van der Waals surface area contributed by atoms with Gasteiger partial charge in [0.25, 0.3) is 5.56 Å². The summed E-state index contributed by atoms with van der Waals surface area (Å²) in [6, 6.07) is 13.2. The molecular formula is C24H22FN3O4S2. The average Bonchev–Trinajstić information content (AvgIpc) is 3.33. The van der Waals surface area contributed by atoms with Crippen LogP contribution in [0.2, 0.25) is 0 Å². The number of thiophene rings is 1. The van der Waals surface area contributed by atoms with Gasteiger partial charge in [-0.05, 0) is 46.8 Å². The lowest BCUT2D eigenvalue weighted by atomic mass is 10.2. The van der Waals surface area contributed by atoms with E-state index in [0.717, 1.165) is 11.1 Å². The predicted octanol–water partition coefficient (Wildman–Crippen LogP) is 4.07. The van der Waals surface area contributed by atoms with Gasteiger partial charge in [0, 0.05) is 6.54 Å². The van der Waals surface area contributed by atoms with Gasteiger partial charge in [-0.1, -0.05) is 30.0 Å². The Labute approximate surface area is 203 Å². The third-order valence-electron chi connectivity index (χ3n) is 5.05. The van der Waals surface area contributed by atoms with Crippen LogP contribution in [0.25, 0.3) is 10.2 Å². The molecule has 0 aliphatic carbocycles. The number of methoxy groups -OCH3 is 2. The number of hydrogen-bond donors (Lipinski definition) is 1. The summed E-state index contributed by atoms with van der Waals surface area (Å²) in [7, 11) is 3.12. The first-order valence-electron chi connectivity index (χ1n) is 10.3. The van der Waals surface area contributed by atoms with E-state index in [1.54, 1.807) is 44.6 Å². The molecule has 4 rings (SSSR count). The van der Waals surface area contributed by atoms with Crippen LogP contribution >= 0.6 is 23.1 Å². The topological polar surface area (TPSA) is 82.5 Å². The maximum absolute atomic E-state index is 13.3. The SMILES string of the molecule is COc1ccc(CNC(=O)CSc2nc3ccsc3c(=O)n2Cc2ccc(F)cc2)cc1OC. The van der Waals surface area contributed by atoms with Gasteiger partial charge in [0.1, 0.15) is 10.5 Å². The van der Waals surface area contributed by atoms with Crippen LogP contribution in [0, 0.1) is 5.82 Å². The molecule has 34 heavy (non-hydrogen) atoms. The summed E-state index contributed by atoms with van der Waals surface area (Å²) in [5.74, 6) is 0.735. The Morgan fingerprint density at radius 3 is 2.56 bits per heavy atom. The molecule has 2 aromatic carbocycles. The Bertz CT molecular complexity index is 1370. The van der Waals surface area contributed by atoms with Crippen LogP contribution < -0.4 is 20.3 Å². The molecule has 0 aliphatic heterocycles. The summed E-state index contributed by atoms with van der Waals surface area (Å²) < 4.78 is 25.9. The molecule has 0 fully saturated rings. The number of amides is 1. The molecular weight excluding hydrogens is 477 g/mol. The van der Waals surface area contributed by atoms with E-state index >= 15 is 0 Å². The predicted molar refractivity (Wildman–Crippen MR) is 131 cm³/mol. The number of ether oxygens (including phenoxy) is 2. The maximum atomic E-state index is 13.3. The van der Waals surface area contributed by atoms with Gasteiger partial charge in [0.2, 0.25) is 5.91 Å². The summed E-state index contributed by atoms with van der Waals surface area (Å²) in [5, 5.41) is 5.11. The molecule has 0 atom stereocenters. The third kappa shape index (κ3) is 5.40. The van der Waals surface area contributed by atoms with Crippen LogP contribution in [0.15, 0.2) is 63.9 Å². The number of hydrogen-bond acceptors (Lipinski definition) is 7. The van der Waals surface area contributed by atoms with Crippen molar-refractivity contribution in [3.63, 3.8) is 0 Å². The lowest BCUT2D eigenvalue weighted by Crippen LogP contribution is -2.26. The zero-order valence-corrected chi connectivity index (χ0v) is 20.2. The molecule has 10 heteroatoms. The number of thioether (sulfide) groups is 1. The second kappa shape index (κ2) is 10.7. The highest BCUT2D eigenvalue weighted by Crippen LogP contribution is 2.27. The van der Waals surface area contributed by atoms with Crippen molar-refractivity contribution in [2.45, 2.75) is 18.2 Å². The first-order valence-corrected chi connectivity index (χ1v) is 12.2. The molecule has 2 heterocycles. The van der Waals surface area contributed by atoms with Crippen molar-refractivity contribution < 1.29 is 18.7 Å². The van der Waals surface area contributed by atoms with Crippen molar-refractivity contribution in [2.75, 3.05) is 20.0 Å². The van der Waals surface area contributed by atoms with Crippen LogP contribution in [0.3, 0.4) is 0 Å². The second-order valence-corrected chi connectivity index (χ2v) is 9.16. The molecule has 0 unspecified atom stereocenters. The lowest BCUT2D eigenvalue weighted by molar-refractivity contribution is -0.118. The Hall–Kier alpha value is -3.37. The number of aromatic nitrogens is 2. The van der Waals surface area contributed by atoms with Gasteiger partial charge in [-0.3, -0.25) is 14.2 Å². The molecule has 4 aromatic rings. The van der Waals surface area contributed by atoms with Crippen molar-refractivity contribution in [3.05, 3.63) is 81.2 Å². The van der Waals surface area contributed by atoms with E-state index in [1.165, 1.54) is 39.8 Å². The highest BCUT2D eigenvalue weighted by atomic mass is 32.2. The molecule has 7 nitrogen and oxygen atoms in total. The second-order valence-electron chi connectivity index (χ2n) is 7.30. The molecule has 176 valence electrons. The van der Waals surface area contributed by atoms with E-state index in [4.69, 9.17) is 9.47 Å². The van der Waals surface area contributed by atoms with E-state index in [-0.39, 0.29) is 29.6 Å². The Balaban J connectivity index is 1.47. The number of carbonyl (C=O) groups excluding carboxylic acids is 1. The van der Waals surface area contributed by atoms with Crippen molar-refractivity contribution in [3.8, 4) is 11.5 Å². The van der Waals surface area contributed by atoms with Gasteiger partial charge in [-0.2, -0.15) is 0 Å². The molecule has 0 aliphatic rings. The molecule has 0 saturated carbocycles. The van der Waals surface area contributed by atoms with Crippen molar-refractivity contribution >= 4 is 39.2 Å². The molecule has 0 bridgehead atoms. The summed E-state index contributed by atoms with van der Waals surface area (Å²) in [5.41, 5.74) is 2.04. The largest absolute Gasteiger partial charge is 0.493 e. The van der Waals surface area contributed by atoms with Gasteiger partial charge < -0.3 is 14.8 Å². The fourth-order valence-electron chi connectivity index (χ4n) is 3.32. The fourth-order valence-corrected chi connectivity index (χ4v) is 4.92. The summed E-state index contributed by atoms with van der Waals surface area (Å²) in [6.45, 7) is 0.550. The zero-order valence-electron chi connectivity index (χ0n) is 18.5. The van der Waals surface area contributed by atoms with E-state index in [0.29, 0.717) is 33.4 Å². The minimum atomic E-state index is -0.344. The Kier molecular flexibility index (Phi) is 7.49. The van der Waals surface area contributed by atoms with Gasteiger partial charge in [0.05, 0.1) is 32.0 Å². The van der Waals surface area contributed by atoms with Gasteiger partial charge >= 0.3 is 0 Å². The van der Waals surface area contributed by atoms with E-state index < -0.39 is 0 Å².